The SMILES string of the molecule is CC.COC(=O)NC1CC(C(=O)N2CCC3(c4ccccc4)C(C2)C3(F)F)C1. The zero-order valence-corrected chi connectivity index (χ0v) is 16.6. The maximum atomic E-state index is 14.6. The number of hydrogen-bond donors (Lipinski definition) is 1. The van der Waals surface area contributed by atoms with Crippen LogP contribution in [-0.2, 0) is 14.9 Å². The molecule has 2 atom stereocenters. The van der Waals surface area contributed by atoms with Crippen molar-refractivity contribution >= 4 is 12.0 Å². The fourth-order valence-electron chi connectivity index (χ4n) is 4.66. The summed E-state index contributed by atoms with van der Waals surface area (Å²) in [4.78, 5) is 25.4. The van der Waals surface area contributed by atoms with Gasteiger partial charge < -0.3 is 15.0 Å². The van der Waals surface area contributed by atoms with Crippen molar-refractivity contribution in [3.05, 3.63) is 35.9 Å². The minimum Gasteiger partial charge on any atom is -0.453 e. The standard InChI is InChI=1S/C19H22F2N2O3.C2H6/c1-26-17(25)22-14-9-12(10-14)16(24)23-8-7-18(13-5-3-2-4-6-13)15(11-23)19(18,20)21;1-2/h2-6,12,14-15H,7-11H2,1H3,(H,22,25);1-2H3. The number of carbonyl (C=O) groups is 2. The Bertz CT molecular complexity index is 722. The molecule has 1 aliphatic heterocycles. The van der Waals surface area contributed by atoms with Gasteiger partial charge in [-0.2, -0.15) is 0 Å². The minimum absolute atomic E-state index is 0.0720. The van der Waals surface area contributed by atoms with E-state index in [1.807, 2.05) is 19.9 Å². The highest BCUT2D eigenvalue weighted by atomic mass is 19.3. The number of carbonyl (C=O) groups excluding carboxylic acids is 2. The van der Waals surface area contributed by atoms with Crippen LogP contribution >= 0.6 is 0 Å². The Hall–Kier alpha value is -2.18. The number of likely N-dealkylation sites (tertiary alicyclic amines) is 1. The van der Waals surface area contributed by atoms with Crippen LogP contribution in [0.25, 0.3) is 0 Å². The summed E-state index contributed by atoms with van der Waals surface area (Å²) in [6.45, 7) is 4.46. The summed E-state index contributed by atoms with van der Waals surface area (Å²) in [6.07, 6.45) is 0.853. The first-order valence-corrected chi connectivity index (χ1v) is 9.96. The van der Waals surface area contributed by atoms with E-state index in [1.165, 1.54) is 7.11 Å². The van der Waals surface area contributed by atoms with Gasteiger partial charge in [0.15, 0.2) is 0 Å². The first kappa shape index (κ1) is 20.6. The highest BCUT2D eigenvalue weighted by Gasteiger charge is 2.81. The van der Waals surface area contributed by atoms with Gasteiger partial charge in [0.05, 0.1) is 18.4 Å². The largest absolute Gasteiger partial charge is 0.453 e. The number of halogens is 2. The molecule has 5 nitrogen and oxygen atoms in total. The van der Waals surface area contributed by atoms with Crippen molar-refractivity contribution in [2.24, 2.45) is 11.8 Å². The third-order valence-corrected chi connectivity index (χ3v) is 6.32. The molecule has 2 amide bonds. The lowest BCUT2D eigenvalue weighted by Gasteiger charge is -2.39. The molecule has 1 aromatic rings. The lowest BCUT2D eigenvalue weighted by atomic mass is 9.78. The monoisotopic (exact) mass is 394 g/mol. The first-order chi connectivity index (χ1) is 13.4. The molecule has 0 spiro atoms. The summed E-state index contributed by atoms with van der Waals surface area (Å²) < 4.78 is 33.8. The third-order valence-electron chi connectivity index (χ3n) is 6.32. The number of rotatable bonds is 3. The Morgan fingerprint density at radius 3 is 2.39 bits per heavy atom. The number of hydrogen-bond acceptors (Lipinski definition) is 3. The van der Waals surface area contributed by atoms with Crippen LogP contribution in [0.15, 0.2) is 30.3 Å². The Kier molecular flexibility index (Phi) is 5.64. The molecule has 1 aromatic carbocycles. The number of amides is 2. The van der Waals surface area contributed by atoms with Crippen molar-refractivity contribution in [1.29, 1.82) is 0 Å². The van der Waals surface area contributed by atoms with Crippen molar-refractivity contribution in [3.63, 3.8) is 0 Å². The molecule has 1 N–H and O–H groups in total. The normalized spacial score (nSPS) is 32.0. The Morgan fingerprint density at radius 1 is 1.18 bits per heavy atom. The predicted octanol–water partition coefficient (Wildman–Crippen LogP) is 3.58. The Labute approximate surface area is 164 Å². The molecule has 0 bridgehead atoms. The molecule has 2 saturated carbocycles. The van der Waals surface area contributed by atoms with Crippen LogP contribution in [0, 0.1) is 11.8 Å². The van der Waals surface area contributed by atoms with Gasteiger partial charge in [-0.3, -0.25) is 4.79 Å². The molecular weight excluding hydrogens is 366 g/mol. The zero-order valence-electron chi connectivity index (χ0n) is 16.6. The molecule has 4 rings (SSSR count). The number of alkyl halides is 2. The number of nitrogens with zero attached hydrogens (tertiary/aromatic N) is 1. The van der Waals surface area contributed by atoms with Crippen LogP contribution in [0.4, 0.5) is 13.6 Å². The lowest BCUT2D eigenvalue weighted by molar-refractivity contribution is -0.140. The molecule has 1 heterocycles. The molecule has 28 heavy (non-hydrogen) atoms. The van der Waals surface area contributed by atoms with E-state index in [1.54, 1.807) is 29.2 Å². The second-order valence-electron chi connectivity index (χ2n) is 7.55. The third kappa shape index (κ3) is 3.14. The maximum Gasteiger partial charge on any atom is 0.407 e. The summed E-state index contributed by atoms with van der Waals surface area (Å²) in [5, 5.41) is 2.66. The van der Waals surface area contributed by atoms with Gasteiger partial charge in [-0.25, -0.2) is 13.6 Å². The number of methoxy groups -OCH3 is 1. The van der Waals surface area contributed by atoms with Crippen molar-refractivity contribution < 1.29 is 23.1 Å². The van der Waals surface area contributed by atoms with Gasteiger partial charge in [-0.1, -0.05) is 44.2 Å². The van der Waals surface area contributed by atoms with Crippen LogP contribution in [-0.4, -0.2) is 49.1 Å². The topological polar surface area (TPSA) is 58.6 Å². The van der Waals surface area contributed by atoms with Crippen LogP contribution in [0.3, 0.4) is 0 Å². The van der Waals surface area contributed by atoms with Crippen molar-refractivity contribution in [2.75, 3.05) is 20.2 Å². The van der Waals surface area contributed by atoms with Crippen LogP contribution in [0.2, 0.25) is 0 Å². The van der Waals surface area contributed by atoms with Crippen molar-refractivity contribution in [2.45, 2.75) is 50.5 Å². The van der Waals surface area contributed by atoms with E-state index in [4.69, 9.17) is 0 Å². The predicted molar refractivity (Wildman–Crippen MR) is 101 cm³/mol. The number of nitrogens with one attached hydrogen (secondary N) is 1. The van der Waals surface area contributed by atoms with Gasteiger partial charge in [0.1, 0.15) is 0 Å². The maximum absolute atomic E-state index is 14.6. The molecule has 0 aromatic heterocycles. The average Bonchev–Trinajstić information content (AvgIpc) is 3.21. The van der Waals surface area contributed by atoms with E-state index in [0.717, 1.165) is 0 Å². The summed E-state index contributed by atoms with van der Waals surface area (Å²) >= 11 is 0. The van der Waals surface area contributed by atoms with Gasteiger partial charge >= 0.3 is 6.09 Å². The number of piperidine rings is 1. The van der Waals surface area contributed by atoms with Gasteiger partial charge in [0.25, 0.3) is 5.92 Å². The number of fused-ring (bicyclic) bond motifs is 1. The number of ether oxygens (including phenoxy) is 1. The number of benzene rings is 1. The smallest absolute Gasteiger partial charge is 0.407 e. The quantitative estimate of drug-likeness (QED) is 0.853. The fraction of sp³-hybridized carbons (Fsp3) is 0.619. The van der Waals surface area contributed by atoms with E-state index in [-0.39, 0.29) is 30.8 Å². The van der Waals surface area contributed by atoms with Crippen molar-refractivity contribution in [3.8, 4) is 0 Å². The van der Waals surface area contributed by atoms with Gasteiger partial charge in [0.2, 0.25) is 5.91 Å². The number of alkyl carbamates (subject to hydrolysis) is 1. The van der Waals surface area contributed by atoms with Crippen LogP contribution in [0.5, 0.6) is 0 Å². The van der Waals surface area contributed by atoms with Crippen LogP contribution < -0.4 is 5.32 Å². The Morgan fingerprint density at radius 2 is 1.82 bits per heavy atom. The molecule has 0 radical (unpaired) electrons. The van der Waals surface area contributed by atoms with E-state index >= 15 is 0 Å². The average molecular weight is 394 g/mol. The van der Waals surface area contributed by atoms with Crippen LogP contribution in [0.1, 0.15) is 38.7 Å². The van der Waals surface area contributed by atoms with Gasteiger partial charge in [-0.05, 0) is 24.8 Å². The molecule has 3 fully saturated rings. The first-order valence-electron chi connectivity index (χ1n) is 9.96. The lowest BCUT2D eigenvalue weighted by Crippen LogP contribution is -2.52. The van der Waals surface area contributed by atoms with E-state index in [2.05, 4.69) is 10.1 Å². The highest BCUT2D eigenvalue weighted by Crippen LogP contribution is 2.70. The molecule has 7 heteroatoms. The Balaban J connectivity index is 0.00000109. The molecule has 3 aliphatic rings. The summed E-state index contributed by atoms with van der Waals surface area (Å²) in [6, 6.07) is 8.85. The summed E-state index contributed by atoms with van der Waals surface area (Å²) in [5.74, 6) is -3.84. The minimum atomic E-state index is -2.77. The summed E-state index contributed by atoms with van der Waals surface area (Å²) in [7, 11) is 1.29. The second kappa shape index (κ2) is 7.68. The summed E-state index contributed by atoms with van der Waals surface area (Å²) in [5.41, 5.74) is -0.437. The molecule has 2 aliphatic carbocycles. The molecule has 154 valence electrons. The zero-order chi connectivity index (χ0) is 20.5. The van der Waals surface area contributed by atoms with Gasteiger partial charge in [-0.15, -0.1) is 0 Å². The second-order valence-corrected chi connectivity index (χ2v) is 7.55. The van der Waals surface area contributed by atoms with Crippen molar-refractivity contribution in [1.82, 2.24) is 10.2 Å². The molecule has 1 saturated heterocycles. The van der Waals surface area contributed by atoms with Gasteiger partial charge in [0, 0.05) is 25.0 Å². The van der Waals surface area contributed by atoms with E-state index in [9.17, 15) is 18.4 Å². The van der Waals surface area contributed by atoms with E-state index < -0.39 is 23.3 Å². The highest BCUT2D eigenvalue weighted by molar-refractivity contribution is 5.81. The fourth-order valence-corrected chi connectivity index (χ4v) is 4.66. The molecule has 2 unspecified atom stereocenters. The molecular formula is C21H28F2N2O3. The van der Waals surface area contributed by atoms with E-state index in [0.29, 0.717) is 24.9 Å².